The Bertz CT molecular complexity index is 430. The van der Waals surface area contributed by atoms with E-state index in [4.69, 9.17) is 9.72 Å². The zero-order chi connectivity index (χ0) is 15.3. The Balaban J connectivity index is 2.31. The lowest BCUT2D eigenvalue weighted by atomic mass is 9.85. The quantitative estimate of drug-likeness (QED) is 0.801. The predicted molar refractivity (Wildman–Crippen MR) is 90.0 cm³/mol. The molecule has 0 bridgehead atoms. The molecule has 21 heavy (non-hydrogen) atoms. The molecule has 2 rings (SSSR count). The highest BCUT2D eigenvalue weighted by molar-refractivity contribution is 7.11. The minimum atomic E-state index is -0.105. The van der Waals surface area contributed by atoms with Crippen LogP contribution in [0, 0.1) is 0 Å². The monoisotopic (exact) mass is 310 g/mol. The van der Waals surface area contributed by atoms with Crippen LogP contribution < -0.4 is 5.32 Å². The largest absolute Gasteiger partial charge is 0.368 e. The Morgan fingerprint density at radius 1 is 1.24 bits per heavy atom. The second-order valence-electron chi connectivity index (χ2n) is 6.25. The molecule has 0 saturated heterocycles. The molecule has 1 aromatic rings. The van der Waals surface area contributed by atoms with E-state index in [0.717, 1.165) is 32.5 Å². The number of rotatable bonds is 7. The van der Waals surface area contributed by atoms with Crippen molar-refractivity contribution in [2.75, 3.05) is 13.2 Å². The summed E-state index contributed by atoms with van der Waals surface area (Å²) in [7, 11) is 0. The van der Waals surface area contributed by atoms with Crippen molar-refractivity contribution in [2.45, 2.75) is 77.9 Å². The van der Waals surface area contributed by atoms with Gasteiger partial charge in [0.1, 0.15) is 10.6 Å². The van der Waals surface area contributed by atoms with Gasteiger partial charge in [-0.15, -0.1) is 11.3 Å². The first-order chi connectivity index (χ1) is 10.1. The van der Waals surface area contributed by atoms with E-state index in [-0.39, 0.29) is 5.60 Å². The van der Waals surface area contributed by atoms with E-state index in [1.54, 1.807) is 0 Å². The maximum Gasteiger partial charge on any atom is 0.125 e. The Hall–Kier alpha value is -0.450. The zero-order valence-electron chi connectivity index (χ0n) is 14.0. The summed E-state index contributed by atoms with van der Waals surface area (Å²) < 4.78 is 6.24. The molecule has 1 aromatic heterocycles. The fraction of sp³-hybridized carbons (Fsp3) is 0.824. The smallest absolute Gasteiger partial charge is 0.125 e. The van der Waals surface area contributed by atoms with Gasteiger partial charge in [-0.25, -0.2) is 4.98 Å². The van der Waals surface area contributed by atoms with E-state index in [1.807, 2.05) is 11.3 Å². The van der Waals surface area contributed by atoms with Gasteiger partial charge in [-0.05, 0) is 32.2 Å². The van der Waals surface area contributed by atoms with Gasteiger partial charge in [-0.2, -0.15) is 0 Å². The van der Waals surface area contributed by atoms with Gasteiger partial charge >= 0.3 is 0 Å². The van der Waals surface area contributed by atoms with Crippen molar-refractivity contribution in [3.05, 3.63) is 15.6 Å². The normalized spacial score (nSPS) is 18.3. The van der Waals surface area contributed by atoms with Crippen molar-refractivity contribution < 1.29 is 4.74 Å². The molecule has 1 aliphatic carbocycles. The molecule has 1 saturated carbocycles. The lowest BCUT2D eigenvalue weighted by Crippen LogP contribution is -2.32. The number of thiazole rings is 1. The second-order valence-corrected chi connectivity index (χ2v) is 7.33. The Labute approximate surface area is 133 Å². The molecule has 0 radical (unpaired) electrons. The van der Waals surface area contributed by atoms with E-state index in [2.05, 4.69) is 33.0 Å². The highest BCUT2D eigenvalue weighted by Gasteiger charge is 2.38. The summed E-state index contributed by atoms with van der Waals surface area (Å²) in [6.07, 6.45) is 6.12. The van der Waals surface area contributed by atoms with E-state index in [1.165, 1.54) is 34.8 Å². The molecular formula is C17H30N2OS. The molecular weight excluding hydrogens is 280 g/mol. The molecule has 0 amide bonds. The van der Waals surface area contributed by atoms with Crippen LogP contribution in [0.1, 0.15) is 81.3 Å². The number of hydrogen-bond acceptors (Lipinski definition) is 4. The fourth-order valence-electron chi connectivity index (χ4n) is 3.19. The van der Waals surface area contributed by atoms with Crippen LogP contribution in [-0.4, -0.2) is 18.1 Å². The molecule has 0 aromatic carbocycles. The molecule has 0 aliphatic heterocycles. The summed E-state index contributed by atoms with van der Waals surface area (Å²) >= 11 is 1.87. The third-order valence-corrected chi connectivity index (χ3v) is 5.54. The molecule has 1 N–H and O–H groups in total. The lowest BCUT2D eigenvalue weighted by molar-refractivity contribution is -0.0705. The molecule has 4 heteroatoms. The average Bonchev–Trinajstić information content (AvgIpc) is 2.91. The first-order valence-corrected chi connectivity index (χ1v) is 9.29. The van der Waals surface area contributed by atoms with Gasteiger partial charge < -0.3 is 10.1 Å². The molecule has 1 aliphatic rings. The van der Waals surface area contributed by atoms with Crippen LogP contribution in [0.2, 0.25) is 0 Å². The van der Waals surface area contributed by atoms with E-state index in [9.17, 15) is 0 Å². The number of ether oxygens (including phenoxy) is 1. The molecule has 120 valence electrons. The van der Waals surface area contributed by atoms with Crippen LogP contribution >= 0.6 is 11.3 Å². The number of nitrogens with zero attached hydrogens (tertiary/aromatic N) is 1. The second kappa shape index (κ2) is 7.70. The van der Waals surface area contributed by atoms with Crippen molar-refractivity contribution in [3.8, 4) is 0 Å². The van der Waals surface area contributed by atoms with Gasteiger partial charge in [0.05, 0.1) is 5.69 Å². The van der Waals surface area contributed by atoms with Crippen LogP contribution in [0.25, 0.3) is 0 Å². The number of aromatic nitrogens is 1. The molecule has 0 spiro atoms. The van der Waals surface area contributed by atoms with E-state index >= 15 is 0 Å². The topological polar surface area (TPSA) is 34.1 Å². The van der Waals surface area contributed by atoms with E-state index in [0.29, 0.717) is 5.92 Å². The van der Waals surface area contributed by atoms with Crippen molar-refractivity contribution in [1.82, 2.24) is 10.3 Å². The zero-order valence-corrected chi connectivity index (χ0v) is 14.8. The summed E-state index contributed by atoms with van der Waals surface area (Å²) in [5.74, 6) is 0.478. The van der Waals surface area contributed by atoms with Crippen LogP contribution in [0.3, 0.4) is 0 Å². The molecule has 1 fully saturated rings. The minimum absolute atomic E-state index is 0.105. The van der Waals surface area contributed by atoms with Crippen LogP contribution in [0.15, 0.2) is 0 Å². The highest BCUT2D eigenvalue weighted by Crippen LogP contribution is 2.43. The summed E-state index contributed by atoms with van der Waals surface area (Å²) in [6, 6.07) is 0. The minimum Gasteiger partial charge on any atom is -0.368 e. The first-order valence-electron chi connectivity index (χ1n) is 8.47. The van der Waals surface area contributed by atoms with Gasteiger partial charge in [0.25, 0.3) is 0 Å². The Morgan fingerprint density at radius 3 is 2.52 bits per heavy atom. The lowest BCUT2D eigenvalue weighted by Gasteiger charge is -2.35. The first kappa shape index (κ1) is 16.9. The third-order valence-electron chi connectivity index (χ3n) is 4.28. The van der Waals surface area contributed by atoms with Gasteiger partial charge in [0.15, 0.2) is 0 Å². The summed E-state index contributed by atoms with van der Waals surface area (Å²) in [4.78, 5) is 6.43. The molecule has 3 nitrogen and oxygen atoms in total. The van der Waals surface area contributed by atoms with Crippen molar-refractivity contribution in [1.29, 1.82) is 0 Å². The third kappa shape index (κ3) is 3.85. The fourth-order valence-corrected chi connectivity index (χ4v) is 4.58. The SMILES string of the molecule is CCNCc1sc(C2(OCC)CCCCC2)nc1C(C)C. The van der Waals surface area contributed by atoms with Gasteiger partial charge in [0, 0.05) is 18.0 Å². The Morgan fingerprint density at radius 2 is 1.95 bits per heavy atom. The Kier molecular flexibility index (Phi) is 6.20. The van der Waals surface area contributed by atoms with Gasteiger partial charge in [-0.3, -0.25) is 0 Å². The molecule has 0 atom stereocenters. The van der Waals surface area contributed by atoms with Crippen molar-refractivity contribution in [2.24, 2.45) is 0 Å². The average molecular weight is 311 g/mol. The van der Waals surface area contributed by atoms with Crippen LogP contribution in [0.5, 0.6) is 0 Å². The summed E-state index contributed by atoms with van der Waals surface area (Å²) in [5.41, 5.74) is 1.16. The van der Waals surface area contributed by atoms with Crippen molar-refractivity contribution in [3.63, 3.8) is 0 Å². The highest BCUT2D eigenvalue weighted by atomic mass is 32.1. The van der Waals surface area contributed by atoms with Gasteiger partial charge in [0.2, 0.25) is 0 Å². The van der Waals surface area contributed by atoms with Crippen LogP contribution in [-0.2, 0) is 16.9 Å². The maximum atomic E-state index is 6.24. The standard InChI is InChI=1S/C17H30N2OS/c1-5-18-12-14-15(13(3)4)19-16(21-14)17(20-6-2)10-8-7-9-11-17/h13,18H,5-12H2,1-4H3. The molecule has 0 unspecified atom stereocenters. The van der Waals surface area contributed by atoms with Gasteiger partial charge in [-0.1, -0.05) is 40.0 Å². The van der Waals surface area contributed by atoms with Crippen LogP contribution in [0.4, 0.5) is 0 Å². The van der Waals surface area contributed by atoms with Crippen molar-refractivity contribution >= 4 is 11.3 Å². The summed E-state index contributed by atoms with van der Waals surface area (Å²) in [6.45, 7) is 11.4. The predicted octanol–water partition coefficient (Wildman–Crippen LogP) is 4.57. The maximum absolute atomic E-state index is 6.24. The number of hydrogen-bond donors (Lipinski definition) is 1. The van der Waals surface area contributed by atoms with E-state index < -0.39 is 0 Å². The summed E-state index contributed by atoms with van der Waals surface area (Å²) in [5, 5.41) is 4.67. The number of nitrogens with one attached hydrogen (secondary N) is 1. The molecule has 1 heterocycles.